The minimum atomic E-state index is -0.537. The van der Waals surface area contributed by atoms with Crippen molar-refractivity contribution in [3.8, 4) is 0 Å². The van der Waals surface area contributed by atoms with Gasteiger partial charge in [-0.25, -0.2) is 4.79 Å². The third kappa shape index (κ3) is 4.22. The first kappa shape index (κ1) is 16.8. The molecule has 5 heteroatoms. The lowest BCUT2D eigenvalue weighted by molar-refractivity contribution is -0.142. The summed E-state index contributed by atoms with van der Waals surface area (Å²) in [5.41, 5.74) is 1.55. The molecule has 0 spiro atoms. The second kappa shape index (κ2) is 7.63. The van der Waals surface area contributed by atoms with E-state index >= 15 is 0 Å². The van der Waals surface area contributed by atoms with Crippen LogP contribution in [0.5, 0.6) is 0 Å². The van der Waals surface area contributed by atoms with Crippen molar-refractivity contribution in [2.24, 2.45) is 0 Å². The average molecular weight is 315 g/mol. The van der Waals surface area contributed by atoms with Gasteiger partial charge >= 0.3 is 11.9 Å². The van der Waals surface area contributed by atoms with Gasteiger partial charge in [0.1, 0.15) is 11.8 Å². The van der Waals surface area contributed by atoms with E-state index in [1.807, 2.05) is 48.0 Å². The summed E-state index contributed by atoms with van der Waals surface area (Å²) < 4.78 is 11.8. The lowest BCUT2D eigenvalue weighted by Gasteiger charge is -2.18. The van der Waals surface area contributed by atoms with Crippen molar-refractivity contribution < 1.29 is 19.1 Å². The molecule has 2 aromatic rings. The number of nitrogens with zero attached hydrogens (tertiary/aromatic N) is 1. The van der Waals surface area contributed by atoms with E-state index < -0.39 is 18.0 Å². The maximum atomic E-state index is 12.3. The van der Waals surface area contributed by atoms with Gasteiger partial charge in [-0.05, 0) is 31.5 Å². The third-order valence-electron chi connectivity index (χ3n) is 3.68. The normalized spacial score (nSPS) is 13.2. The van der Waals surface area contributed by atoms with E-state index in [4.69, 9.17) is 4.74 Å². The smallest absolute Gasteiger partial charge is 0.355 e. The molecule has 1 aromatic heterocycles. The number of esters is 2. The fourth-order valence-electron chi connectivity index (χ4n) is 2.40. The summed E-state index contributed by atoms with van der Waals surface area (Å²) in [4.78, 5) is 23.6. The average Bonchev–Trinajstić information content (AvgIpc) is 3.04. The van der Waals surface area contributed by atoms with Gasteiger partial charge in [-0.15, -0.1) is 0 Å². The lowest BCUT2D eigenvalue weighted by atomic mass is 10.1. The first-order valence-electron chi connectivity index (χ1n) is 7.52. The van der Waals surface area contributed by atoms with Crippen LogP contribution in [0.25, 0.3) is 0 Å². The van der Waals surface area contributed by atoms with Gasteiger partial charge in [0.05, 0.1) is 19.6 Å². The van der Waals surface area contributed by atoms with Crippen LogP contribution in [0.2, 0.25) is 0 Å². The molecule has 0 saturated carbocycles. The highest BCUT2D eigenvalue weighted by Gasteiger charge is 2.20. The largest absolute Gasteiger partial charge is 0.469 e. The van der Waals surface area contributed by atoms with Crippen LogP contribution in [0.4, 0.5) is 0 Å². The predicted octanol–water partition coefficient (Wildman–Crippen LogP) is 3.21. The van der Waals surface area contributed by atoms with Crippen LogP contribution >= 0.6 is 0 Å². The van der Waals surface area contributed by atoms with E-state index in [1.54, 1.807) is 19.1 Å². The van der Waals surface area contributed by atoms with Gasteiger partial charge in [0.2, 0.25) is 0 Å². The minimum absolute atomic E-state index is 0.00432. The molecule has 0 N–H and O–H groups in total. The molecule has 0 aliphatic carbocycles. The molecule has 1 heterocycles. The Bertz CT molecular complexity index is 663. The summed E-state index contributed by atoms with van der Waals surface area (Å²) in [6, 6.07) is 13.4. The predicted molar refractivity (Wildman–Crippen MR) is 86.2 cm³/mol. The molecule has 2 atom stereocenters. The van der Waals surface area contributed by atoms with Crippen molar-refractivity contribution in [3.63, 3.8) is 0 Å². The van der Waals surface area contributed by atoms with Gasteiger partial charge in [0.15, 0.2) is 0 Å². The molecule has 0 radical (unpaired) electrons. The summed E-state index contributed by atoms with van der Waals surface area (Å²) in [6.45, 7) is 3.69. The van der Waals surface area contributed by atoms with Crippen molar-refractivity contribution in [1.29, 1.82) is 0 Å². The van der Waals surface area contributed by atoms with E-state index in [0.29, 0.717) is 5.69 Å². The molecular weight excluding hydrogens is 294 g/mol. The molecule has 2 rings (SSSR count). The van der Waals surface area contributed by atoms with Crippen LogP contribution in [0.3, 0.4) is 0 Å². The summed E-state index contributed by atoms with van der Waals surface area (Å²) in [5.74, 6) is -0.854. The van der Waals surface area contributed by atoms with Gasteiger partial charge in [0.25, 0.3) is 0 Å². The van der Waals surface area contributed by atoms with Crippen molar-refractivity contribution in [3.05, 3.63) is 59.9 Å². The van der Waals surface area contributed by atoms with Crippen molar-refractivity contribution in [2.45, 2.75) is 32.4 Å². The molecule has 1 aromatic carbocycles. The molecule has 0 fully saturated rings. The fraction of sp³-hybridized carbons (Fsp3) is 0.333. The van der Waals surface area contributed by atoms with Gasteiger partial charge < -0.3 is 14.0 Å². The molecule has 0 aliphatic rings. The zero-order valence-corrected chi connectivity index (χ0v) is 13.6. The van der Waals surface area contributed by atoms with E-state index in [9.17, 15) is 9.59 Å². The van der Waals surface area contributed by atoms with Crippen LogP contribution in [-0.2, 0) is 14.3 Å². The van der Waals surface area contributed by atoms with E-state index in [1.165, 1.54) is 7.11 Å². The number of ether oxygens (including phenoxy) is 2. The van der Waals surface area contributed by atoms with Gasteiger partial charge in [-0.2, -0.15) is 0 Å². The monoisotopic (exact) mass is 315 g/mol. The SMILES string of the molecule is COC(=O)C[C@@H](C)OC(=O)c1cccn1[C@H](C)c1ccccc1. The molecule has 0 amide bonds. The van der Waals surface area contributed by atoms with Gasteiger partial charge in [-0.1, -0.05) is 30.3 Å². The highest BCUT2D eigenvalue weighted by Crippen LogP contribution is 2.21. The zero-order chi connectivity index (χ0) is 16.8. The Hall–Kier alpha value is -2.56. The highest BCUT2D eigenvalue weighted by atomic mass is 16.6. The molecule has 0 unspecified atom stereocenters. The number of methoxy groups -OCH3 is 1. The topological polar surface area (TPSA) is 57.5 Å². The van der Waals surface area contributed by atoms with E-state index in [0.717, 1.165) is 5.56 Å². The van der Waals surface area contributed by atoms with Crippen molar-refractivity contribution in [1.82, 2.24) is 4.57 Å². The van der Waals surface area contributed by atoms with Crippen LogP contribution in [0.15, 0.2) is 48.7 Å². The number of hydrogen-bond acceptors (Lipinski definition) is 4. The third-order valence-corrected chi connectivity index (χ3v) is 3.68. The van der Waals surface area contributed by atoms with Gasteiger partial charge in [0, 0.05) is 6.20 Å². The molecule has 122 valence electrons. The zero-order valence-electron chi connectivity index (χ0n) is 13.6. The molecule has 0 aliphatic heterocycles. The number of carbonyl (C=O) groups excluding carboxylic acids is 2. The van der Waals surface area contributed by atoms with Crippen LogP contribution in [0.1, 0.15) is 42.4 Å². The number of carbonyl (C=O) groups is 2. The van der Waals surface area contributed by atoms with Crippen molar-refractivity contribution in [2.75, 3.05) is 7.11 Å². The summed E-state index contributed by atoms with van der Waals surface area (Å²) in [7, 11) is 1.31. The Kier molecular flexibility index (Phi) is 5.57. The fourth-order valence-corrected chi connectivity index (χ4v) is 2.40. The Morgan fingerprint density at radius 3 is 2.43 bits per heavy atom. The summed E-state index contributed by atoms with van der Waals surface area (Å²) in [6.07, 6.45) is 1.35. The summed E-state index contributed by atoms with van der Waals surface area (Å²) >= 11 is 0. The Balaban J connectivity index is 2.11. The lowest BCUT2D eigenvalue weighted by Crippen LogP contribution is -2.22. The number of aromatic nitrogens is 1. The molecule has 5 nitrogen and oxygen atoms in total. The molecular formula is C18H21NO4. The van der Waals surface area contributed by atoms with E-state index in [-0.39, 0.29) is 12.5 Å². The first-order chi connectivity index (χ1) is 11.0. The Morgan fingerprint density at radius 2 is 1.78 bits per heavy atom. The van der Waals surface area contributed by atoms with E-state index in [2.05, 4.69) is 4.74 Å². The standard InChI is InChI=1S/C18H21NO4/c1-13(12-17(20)22-3)23-18(21)16-10-7-11-19(16)14(2)15-8-5-4-6-9-15/h4-11,13-14H,12H2,1-3H3/t13-,14-/m1/s1. The highest BCUT2D eigenvalue weighted by molar-refractivity contribution is 5.88. The molecule has 23 heavy (non-hydrogen) atoms. The Labute approximate surface area is 135 Å². The van der Waals surface area contributed by atoms with Crippen molar-refractivity contribution >= 4 is 11.9 Å². The minimum Gasteiger partial charge on any atom is -0.469 e. The quantitative estimate of drug-likeness (QED) is 0.768. The molecule has 0 bridgehead atoms. The second-order valence-electron chi connectivity index (χ2n) is 5.38. The van der Waals surface area contributed by atoms with Crippen LogP contribution in [-0.4, -0.2) is 29.7 Å². The number of hydrogen-bond donors (Lipinski definition) is 0. The van der Waals surface area contributed by atoms with Crippen LogP contribution < -0.4 is 0 Å². The maximum absolute atomic E-state index is 12.3. The molecule has 0 saturated heterocycles. The van der Waals surface area contributed by atoms with Crippen LogP contribution in [0, 0.1) is 0 Å². The van der Waals surface area contributed by atoms with Gasteiger partial charge in [-0.3, -0.25) is 4.79 Å². The number of rotatable bonds is 6. The number of benzene rings is 1. The maximum Gasteiger partial charge on any atom is 0.355 e. The Morgan fingerprint density at radius 1 is 1.09 bits per heavy atom. The summed E-state index contributed by atoms with van der Waals surface area (Å²) in [5, 5.41) is 0. The second-order valence-corrected chi connectivity index (χ2v) is 5.38. The first-order valence-corrected chi connectivity index (χ1v) is 7.52.